The normalized spacial score (nSPS) is 10.2. The molecule has 0 fully saturated rings. The number of halogens is 2. The number of carbonyl (C=O) groups excluding carboxylic acids is 2. The second-order valence-electron chi connectivity index (χ2n) is 5.19. The van der Waals surface area contributed by atoms with E-state index in [1.54, 1.807) is 6.92 Å². The number of urea groups is 1. The van der Waals surface area contributed by atoms with Gasteiger partial charge in [0, 0.05) is 13.1 Å². The molecule has 1 heterocycles. The molecule has 0 radical (unpaired) electrons. The first-order valence-corrected chi connectivity index (χ1v) is 8.25. The summed E-state index contributed by atoms with van der Waals surface area (Å²) in [6.45, 7) is 5.50. The van der Waals surface area contributed by atoms with Gasteiger partial charge in [0.25, 0.3) is 0 Å². The summed E-state index contributed by atoms with van der Waals surface area (Å²) in [5.41, 5.74) is -0.0862. The third-order valence-corrected chi connectivity index (χ3v) is 3.59. The van der Waals surface area contributed by atoms with Crippen molar-refractivity contribution < 1.29 is 23.5 Å². The van der Waals surface area contributed by atoms with Gasteiger partial charge in [-0.05, 0) is 13.0 Å². The minimum absolute atomic E-state index is 0.0524. The van der Waals surface area contributed by atoms with Crippen LogP contribution in [0.25, 0.3) is 0 Å². The fourth-order valence-electron chi connectivity index (χ4n) is 2.09. The number of aryl methyl sites for hydroxylation is 1. The molecule has 8 nitrogen and oxygen atoms in total. The van der Waals surface area contributed by atoms with Crippen LogP contribution in [0.15, 0.2) is 31.0 Å². The molecular formula is C17H18ClFN4O4. The molecule has 144 valence electrons. The van der Waals surface area contributed by atoms with Crippen LogP contribution in [0, 0.1) is 5.82 Å². The van der Waals surface area contributed by atoms with Crippen molar-refractivity contribution in [2.45, 2.75) is 6.92 Å². The van der Waals surface area contributed by atoms with Crippen LogP contribution in [0.1, 0.15) is 17.3 Å². The highest BCUT2D eigenvalue weighted by molar-refractivity contribution is 6.32. The van der Waals surface area contributed by atoms with Crippen molar-refractivity contribution in [2.75, 3.05) is 23.8 Å². The van der Waals surface area contributed by atoms with Crippen molar-refractivity contribution >= 4 is 35.1 Å². The summed E-state index contributed by atoms with van der Waals surface area (Å²) in [6.07, 6.45) is 2.76. The number of rotatable bonds is 7. The minimum atomic E-state index is -0.792. The molecule has 0 spiro atoms. The molecule has 0 atom stereocenters. The van der Waals surface area contributed by atoms with Crippen LogP contribution < -0.4 is 15.4 Å². The van der Waals surface area contributed by atoms with E-state index in [-0.39, 0.29) is 41.1 Å². The molecule has 0 aliphatic heterocycles. The molecule has 27 heavy (non-hydrogen) atoms. The maximum absolute atomic E-state index is 14.1. The van der Waals surface area contributed by atoms with Gasteiger partial charge in [0.2, 0.25) is 0 Å². The largest absolute Gasteiger partial charge is 0.488 e. The molecule has 0 unspecified atom stereocenters. The van der Waals surface area contributed by atoms with Gasteiger partial charge in [0.05, 0.1) is 23.5 Å². The first-order chi connectivity index (χ1) is 12.9. The highest BCUT2D eigenvalue weighted by atomic mass is 35.5. The molecule has 0 aliphatic rings. The SMILES string of the molecule is C=CCOc1cc(NC(=O)Nc2c(C(=O)OCC)cnn2C)c(F)cc1Cl. The zero-order chi connectivity index (χ0) is 20.0. The van der Waals surface area contributed by atoms with Gasteiger partial charge in [0.15, 0.2) is 0 Å². The summed E-state index contributed by atoms with van der Waals surface area (Å²) in [4.78, 5) is 24.2. The summed E-state index contributed by atoms with van der Waals surface area (Å²) in [7, 11) is 1.53. The summed E-state index contributed by atoms with van der Waals surface area (Å²) in [5, 5.41) is 8.74. The van der Waals surface area contributed by atoms with E-state index in [0.29, 0.717) is 0 Å². The van der Waals surface area contributed by atoms with Crippen molar-refractivity contribution in [3.63, 3.8) is 0 Å². The van der Waals surface area contributed by atoms with Crippen LogP contribution in [0.4, 0.5) is 20.7 Å². The Morgan fingerprint density at radius 1 is 1.41 bits per heavy atom. The highest BCUT2D eigenvalue weighted by Gasteiger charge is 2.20. The van der Waals surface area contributed by atoms with Crippen LogP contribution in [0.2, 0.25) is 5.02 Å². The summed E-state index contributed by atoms with van der Waals surface area (Å²) >= 11 is 5.90. The number of anilines is 2. The van der Waals surface area contributed by atoms with Gasteiger partial charge in [-0.2, -0.15) is 5.10 Å². The molecule has 0 saturated heterocycles. The second-order valence-corrected chi connectivity index (χ2v) is 5.60. The van der Waals surface area contributed by atoms with Gasteiger partial charge in [-0.1, -0.05) is 24.3 Å². The van der Waals surface area contributed by atoms with Crippen LogP contribution in [-0.2, 0) is 11.8 Å². The molecule has 10 heteroatoms. The Labute approximate surface area is 159 Å². The summed E-state index contributed by atoms with van der Waals surface area (Å²) in [5.74, 6) is -1.11. The number of hydrogen-bond donors (Lipinski definition) is 2. The minimum Gasteiger partial charge on any atom is -0.488 e. The predicted octanol–water partition coefficient (Wildman–Crippen LogP) is 3.60. The monoisotopic (exact) mass is 396 g/mol. The molecule has 0 aliphatic carbocycles. The quantitative estimate of drug-likeness (QED) is 0.551. The first-order valence-electron chi connectivity index (χ1n) is 7.87. The Kier molecular flexibility index (Phi) is 6.78. The lowest BCUT2D eigenvalue weighted by Gasteiger charge is -2.12. The van der Waals surface area contributed by atoms with E-state index < -0.39 is 17.8 Å². The maximum Gasteiger partial charge on any atom is 0.343 e. The lowest BCUT2D eigenvalue weighted by molar-refractivity contribution is 0.0527. The molecule has 2 rings (SSSR count). The summed E-state index contributed by atoms with van der Waals surface area (Å²) in [6, 6.07) is 1.47. The number of benzene rings is 1. The van der Waals surface area contributed by atoms with E-state index >= 15 is 0 Å². The van der Waals surface area contributed by atoms with E-state index in [4.69, 9.17) is 21.1 Å². The van der Waals surface area contributed by atoms with Crippen LogP contribution in [0.5, 0.6) is 5.75 Å². The van der Waals surface area contributed by atoms with Gasteiger partial charge in [-0.3, -0.25) is 10.00 Å². The fourth-order valence-corrected chi connectivity index (χ4v) is 2.29. The Balaban J connectivity index is 2.18. The zero-order valence-corrected chi connectivity index (χ0v) is 15.5. The van der Waals surface area contributed by atoms with Crippen molar-refractivity contribution in [2.24, 2.45) is 7.05 Å². The van der Waals surface area contributed by atoms with Crippen molar-refractivity contribution in [3.05, 3.63) is 47.4 Å². The van der Waals surface area contributed by atoms with Crippen molar-refractivity contribution in [1.29, 1.82) is 0 Å². The van der Waals surface area contributed by atoms with Gasteiger partial charge in [0.1, 0.15) is 29.6 Å². The lowest BCUT2D eigenvalue weighted by Crippen LogP contribution is -2.23. The van der Waals surface area contributed by atoms with Gasteiger partial charge in [-0.15, -0.1) is 0 Å². The number of nitrogens with zero attached hydrogens (tertiary/aromatic N) is 2. The van der Waals surface area contributed by atoms with Crippen LogP contribution in [-0.4, -0.2) is 35.0 Å². The standard InChI is InChI=1S/C17H18ClFN4O4/c1-4-6-27-14-8-13(12(19)7-11(14)18)21-17(25)22-15-10(9-20-23(15)3)16(24)26-5-2/h4,7-9H,1,5-6H2,2-3H3,(H2,21,22,25). The molecule has 2 amide bonds. The predicted molar refractivity (Wildman–Crippen MR) is 98.9 cm³/mol. The van der Waals surface area contributed by atoms with E-state index in [2.05, 4.69) is 22.3 Å². The van der Waals surface area contributed by atoms with Crippen LogP contribution >= 0.6 is 11.6 Å². The van der Waals surface area contributed by atoms with Gasteiger partial charge in [-0.25, -0.2) is 14.0 Å². The molecule has 2 aromatic rings. The van der Waals surface area contributed by atoms with Crippen molar-refractivity contribution in [1.82, 2.24) is 9.78 Å². The Morgan fingerprint density at radius 2 is 2.15 bits per heavy atom. The van der Waals surface area contributed by atoms with Gasteiger partial charge < -0.3 is 14.8 Å². The number of ether oxygens (including phenoxy) is 2. The number of aromatic nitrogens is 2. The van der Waals surface area contributed by atoms with E-state index in [0.717, 1.165) is 6.07 Å². The molecular weight excluding hydrogens is 379 g/mol. The van der Waals surface area contributed by atoms with Crippen LogP contribution in [0.3, 0.4) is 0 Å². The third-order valence-electron chi connectivity index (χ3n) is 3.29. The fraction of sp³-hybridized carbons (Fsp3) is 0.235. The molecule has 1 aromatic heterocycles. The topological polar surface area (TPSA) is 94.5 Å². The molecule has 2 N–H and O–H groups in total. The number of nitrogens with one attached hydrogen (secondary N) is 2. The summed E-state index contributed by atoms with van der Waals surface area (Å²) < 4.78 is 25.6. The average Bonchev–Trinajstić information content (AvgIpc) is 2.97. The Bertz CT molecular complexity index is 869. The number of esters is 1. The zero-order valence-electron chi connectivity index (χ0n) is 14.7. The average molecular weight is 397 g/mol. The van der Waals surface area contributed by atoms with E-state index in [9.17, 15) is 14.0 Å². The maximum atomic E-state index is 14.1. The van der Waals surface area contributed by atoms with Crippen molar-refractivity contribution in [3.8, 4) is 5.75 Å². The number of carbonyl (C=O) groups is 2. The van der Waals surface area contributed by atoms with Gasteiger partial charge >= 0.3 is 12.0 Å². The lowest BCUT2D eigenvalue weighted by atomic mass is 10.3. The molecule has 0 bridgehead atoms. The Morgan fingerprint density at radius 3 is 2.81 bits per heavy atom. The third kappa shape index (κ3) is 4.98. The highest BCUT2D eigenvalue weighted by Crippen LogP contribution is 2.30. The number of amides is 2. The number of hydrogen-bond acceptors (Lipinski definition) is 5. The first kappa shape index (κ1) is 20.2. The van der Waals surface area contributed by atoms with E-state index in [1.165, 1.54) is 30.1 Å². The molecule has 0 saturated carbocycles. The molecule has 1 aromatic carbocycles. The second kappa shape index (κ2) is 9.04. The Hall–Kier alpha value is -3.07. The van der Waals surface area contributed by atoms with E-state index in [1.807, 2.05) is 0 Å². The smallest absolute Gasteiger partial charge is 0.343 e.